The van der Waals surface area contributed by atoms with Crippen molar-refractivity contribution in [1.82, 2.24) is 5.32 Å². The Balaban J connectivity index is 1.81. The van der Waals surface area contributed by atoms with E-state index in [9.17, 15) is 9.59 Å². The van der Waals surface area contributed by atoms with Crippen LogP contribution in [0.5, 0.6) is 0 Å². The average molecular weight is 255 g/mol. The third kappa shape index (κ3) is 2.66. The summed E-state index contributed by atoms with van der Waals surface area (Å²) >= 11 is 0. The molecule has 0 aromatic rings. The topological polar surface area (TPSA) is 64.6 Å². The van der Waals surface area contributed by atoms with Crippen LogP contribution in [0, 0.1) is 10.8 Å². The second-order valence-corrected chi connectivity index (χ2v) is 6.68. The maximum Gasteiger partial charge on any atom is 0.407 e. The molecule has 2 aliphatic heterocycles. The van der Waals surface area contributed by atoms with Crippen LogP contribution in [0.2, 0.25) is 0 Å². The van der Waals surface area contributed by atoms with E-state index in [0.717, 1.165) is 19.1 Å². The Labute approximate surface area is 107 Å². The van der Waals surface area contributed by atoms with Crippen LogP contribution in [0.25, 0.3) is 0 Å². The van der Waals surface area contributed by atoms with E-state index in [1.54, 1.807) is 0 Å². The van der Waals surface area contributed by atoms with Gasteiger partial charge in [0.25, 0.3) is 0 Å². The van der Waals surface area contributed by atoms with Crippen molar-refractivity contribution >= 4 is 12.4 Å². The quantitative estimate of drug-likeness (QED) is 0.776. The molecule has 0 aromatic carbocycles. The van der Waals surface area contributed by atoms with Crippen LogP contribution in [-0.2, 0) is 14.3 Å². The summed E-state index contributed by atoms with van der Waals surface area (Å²) in [6.07, 6.45) is 2.20. The summed E-state index contributed by atoms with van der Waals surface area (Å²) in [5, 5.41) is 2.77. The van der Waals surface area contributed by atoms with Crippen LogP contribution in [-0.4, -0.2) is 37.7 Å². The lowest BCUT2D eigenvalue weighted by Crippen LogP contribution is -2.61. The van der Waals surface area contributed by atoms with Crippen molar-refractivity contribution in [2.45, 2.75) is 39.2 Å². The monoisotopic (exact) mass is 255 g/mol. The lowest BCUT2D eigenvalue weighted by molar-refractivity contribution is -0.186. The van der Waals surface area contributed by atoms with Gasteiger partial charge in [-0.15, -0.1) is 0 Å². The summed E-state index contributed by atoms with van der Waals surface area (Å²) in [4.78, 5) is 22.6. The Morgan fingerprint density at radius 1 is 1.39 bits per heavy atom. The van der Waals surface area contributed by atoms with Crippen LogP contribution in [0.4, 0.5) is 4.79 Å². The SMILES string of the molecule is CC(C)(C)OC(=O)NCC12COCC(C=O)(C1)C2. The van der Waals surface area contributed by atoms with Gasteiger partial charge in [0.15, 0.2) is 0 Å². The van der Waals surface area contributed by atoms with Gasteiger partial charge in [-0.05, 0) is 33.6 Å². The molecule has 3 fully saturated rings. The van der Waals surface area contributed by atoms with Crippen LogP contribution < -0.4 is 5.32 Å². The summed E-state index contributed by atoms with van der Waals surface area (Å²) in [5.41, 5.74) is -0.860. The molecule has 3 aliphatic rings. The van der Waals surface area contributed by atoms with E-state index in [1.165, 1.54) is 0 Å². The molecule has 2 bridgehead atoms. The number of hydrogen-bond donors (Lipinski definition) is 1. The van der Waals surface area contributed by atoms with Gasteiger partial charge in [0.1, 0.15) is 11.9 Å². The number of rotatable bonds is 3. The Kier molecular flexibility index (Phi) is 3.13. The minimum absolute atomic E-state index is 0.0733. The molecule has 0 atom stereocenters. The molecule has 1 aliphatic carbocycles. The fourth-order valence-corrected chi connectivity index (χ4v) is 2.98. The van der Waals surface area contributed by atoms with Crippen molar-refractivity contribution in [2.24, 2.45) is 10.8 Å². The molecule has 0 spiro atoms. The Hall–Kier alpha value is -1.10. The van der Waals surface area contributed by atoms with Crippen LogP contribution in [0.3, 0.4) is 0 Å². The zero-order chi connectivity index (χ0) is 13.4. The number of ether oxygens (including phenoxy) is 2. The van der Waals surface area contributed by atoms with Gasteiger partial charge < -0.3 is 19.6 Å². The molecule has 1 amide bonds. The van der Waals surface area contributed by atoms with Crippen LogP contribution in [0.1, 0.15) is 33.6 Å². The molecular weight excluding hydrogens is 234 g/mol. The number of carbonyl (C=O) groups is 2. The van der Waals surface area contributed by atoms with Crippen molar-refractivity contribution in [3.8, 4) is 0 Å². The molecular formula is C13H21NO4. The van der Waals surface area contributed by atoms with Crippen molar-refractivity contribution in [3.05, 3.63) is 0 Å². The van der Waals surface area contributed by atoms with Gasteiger partial charge in [-0.1, -0.05) is 0 Å². The zero-order valence-corrected chi connectivity index (χ0v) is 11.2. The number of hydrogen-bond acceptors (Lipinski definition) is 4. The van der Waals surface area contributed by atoms with E-state index in [2.05, 4.69) is 5.32 Å². The van der Waals surface area contributed by atoms with Crippen molar-refractivity contribution in [1.29, 1.82) is 0 Å². The van der Waals surface area contributed by atoms with E-state index < -0.39 is 11.7 Å². The number of fused-ring (bicyclic) bond motifs is 2. The minimum atomic E-state index is -0.489. The highest BCUT2D eigenvalue weighted by Crippen LogP contribution is 2.56. The van der Waals surface area contributed by atoms with E-state index in [1.807, 2.05) is 20.8 Å². The van der Waals surface area contributed by atoms with Gasteiger partial charge in [0.05, 0.1) is 18.6 Å². The van der Waals surface area contributed by atoms with Gasteiger partial charge in [0, 0.05) is 12.0 Å². The van der Waals surface area contributed by atoms with Gasteiger partial charge in [-0.2, -0.15) is 0 Å². The first-order valence-corrected chi connectivity index (χ1v) is 6.29. The van der Waals surface area contributed by atoms with Crippen LogP contribution >= 0.6 is 0 Å². The molecule has 102 valence electrons. The van der Waals surface area contributed by atoms with Gasteiger partial charge >= 0.3 is 6.09 Å². The predicted octanol–water partition coefficient (Wildman–Crippen LogP) is 1.51. The van der Waals surface area contributed by atoms with E-state index in [0.29, 0.717) is 19.8 Å². The lowest BCUT2D eigenvalue weighted by atomic mass is 9.52. The van der Waals surface area contributed by atoms with Gasteiger partial charge in [0.2, 0.25) is 0 Å². The minimum Gasteiger partial charge on any atom is -0.444 e. The summed E-state index contributed by atoms with van der Waals surface area (Å²) in [5.74, 6) is 0. The third-order valence-electron chi connectivity index (χ3n) is 3.51. The summed E-state index contributed by atoms with van der Waals surface area (Å²) in [7, 11) is 0. The summed E-state index contributed by atoms with van der Waals surface area (Å²) in [6.45, 7) is 7.13. The summed E-state index contributed by atoms with van der Waals surface area (Å²) < 4.78 is 10.6. The lowest BCUT2D eigenvalue weighted by Gasteiger charge is -2.57. The maximum absolute atomic E-state index is 11.6. The first-order chi connectivity index (χ1) is 8.28. The first-order valence-electron chi connectivity index (χ1n) is 6.29. The Morgan fingerprint density at radius 3 is 2.61 bits per heavy atom. The first kappa shape index (κ1) is 13.3. The molecule has 2 saturated heterocycles. The number of amides is 1. The standard InChI is InChI=1S/C13H21NO4/c1-11(2,3)18-10(16)14-6-12-4-13(5-12,7-15)9-17-8-12/h7H,4-6,8-9H2,1-3H3,(H,14,16). The molecule has 0 radical (unpaired) electrons. The fourth-order valence-electron chi connectivity index (χ4n) is 2.98. The molecule has 1 N–H and O–H groups in total. The highest BCUT2D eigenvalue weighted by Gasteiger charge is 2.58. The van der Waals surface area contributed by atoms with Gasteiger partial charge in [-0.3, -0.25) is 0 Å². The van der Waals surface area contributed by atoms with Crippen molar-refractivity contribution in [2.75, 3.05) is 19.8 Å². The molecule has 0 unspecified atom stereocenters. The zero-order valence-electron chi connectivity index (χ0n) is 11.2. The second-order valence-electron chi connectivity index (χ2n) is 6.68. The van der Waals surface area contributed by atoms with E-state index >= 15 is 0 Å². The summed E-state index contributed by atoms with van der Waals surface area (Å²) in [6, 6.07) is 0. The van der Waals surface area contributed by atoms with E-state index in [4.69, 9.17) is 9.47 Å². The highest BCUT2D eigenvalue weighted by atomic mass is 16.6. The van der Waals surface area contributed by atoms with E-state index in [-0.39, 0.29) is 10.8 Å². The van der Waals surface area contributed by atoms with Crippen molar-refractivity contribution < 1.29 is 19.1 Å². The Morgan fingerprint density at radius 2 is 2.06 bits per heavy atom. The molecule has 0 aromatic heterocycles. The highest BCUT2D eigenvalue weighted by molar-refractivity contribution is 5.68. The Bertz CT molecular complexity index is 352. The average Bonchev–Trinajstić information content (AvgIpc) is 2.23. The third-order valence-corrected chi connectivity index (χ3v) is 3.51. The number of nitrogens with one attached hydrogen (secondary N) is 1. The molecule has 18 heavy (non-hydrogen) atoms. The number of carbonyl (C=O) groups excluding carboxylic acids is 2. The van der Waals surface area contributed by atoms with Crippen LogP contribution in [0.15, 0.2) is 0 Å². The van der Waals surface area contributed by atoms with Gasteiger partial charge in [-0.25, -0.2) is 4.79 Å². The molecule has 1 saturated carbocycles. The molecule has 3 rings (SSSR count). The number of aldehydes is 1. The molecule has 2 heterocycles. The smallest absolute Gasteiger partial charge is 0.407 e. The largest absolute Gasteiger partial charge is 0.444 e. The molecule has 5 heteroatoms. The normalized spacial score (nSPS) is 34.4. The second kappa shape index (κ2) is 4.23. The molecule has 5 nitrogen and oxygen atoms in total. The number of alkyl carbamates (subject to hydrolysis) is 1. The van der Waals surface area contributed by atoms with Crippen molar-refractivity contribution in [3.63, 3.8) is 0 Å². The predicted molar refractivity (Wildman–Crippen MR) is 65.2 cm³/mol. The maximum atomic E-state index is 11.6. The fraction of sp³-hybridized carbons (Fsp3) is 0.846.